The first kappa shape index (κ1) is 19.3. The topological polar surface area (TPSA) is 94.2 Å². The molecule has 8 heteroatoms. The third-order valence-electron chi connectivity index (χ3n) is 4.80. The highest BCUT2D eigenvalue weighted by molar-refractivity contribution is 6.06. The van der Waals surface area contributed by atoms with Gasteiger partial charge in [-0.2, -0.15) is 10.2 Å². The fourth-order valence-electron chi connectivity index (χ4n) is 3.16. The Morgan fingerprint density at radius 2 is 1.83 bits per heavy atom. The summed E-state index contributed by atoms with van der Waals surface area (Å²) in [5.41, 5.74) is 5.00. The molecule has 0 aliphatic rings. The number of hydrazone groups is 1. The SMILES string of the molecule is CCn1nc(C(=O)N/N=C(\C)c2ccc(-n3ccnc3)cc2)c2ccccc2c1=O. The van der Waals surface area contributed by atoms with Crippen LogP contribution < -0.4 is 11.0 Å². The number of benzene rings is 2. The van der Waals surface area contributed by atoms with Gasteiger partial charge in [0.2, 0.25) is 0 Å². The van der Waals surface area contributed by atoms with Crippen LogP contribution in [-0.2, 0) is 6.54 Å². The Morgan fingerprint density at radius 3 is 2.50 bits per heavy atom. The van der Waals surface area contributed by atoms with Crippen molar-refractivity contribution in [2.24, 2.45) is 5.10 Å². The molecule has 2 aromatic carbocycles. The lowest BCUT2D eigenvalue weighted by atomic mass is 10.1. The van der Waals surface area contributed by atoms with Crippen molar-refractivity contribution >= 4 is 22.4 Å². The van der Waals surface area contributed by atoms with Crippen molar-refractivity contribution in [3.05, 3.63) is 88.9 Å². The van der Waals surface area contributed by atoms with E-state index in [0.29, 0.717) is 23.0 Å². The molecule has 4 rings (SSSR count). The van der Waals surface area contributed by atoms with E-state index in [9.17, 15) is 9.59 Å². The second-order valence-electron chi connectivity index (χ2n) is 6.67. The summed E-state index contributed by atoms with van der Waals surface area (Å²) in [7, 11) is 0. The molecule has 0 spiro atoms. The number of aryl methyl sites for hydroxylation is 1. The van der Waals surface area contributed by atoms with Gasteiger partial charge in [0.1, 0.15) is 0 Å². The van der Waals surface area contributed by atoms with Crippen molar-refractivity contribution in [3.63, 3.8) is 0 Å². The van der Waals surface area contributed by atoms with Crippen LogP contribution in [0.4, 0.5) is 0 Å². The van der Waals surface area contributed by atoms with Crippen molar-refractivity contribution < 1.29 is 4.79 Å². The highest BCUT2D eigenvalue weighted by atomic mass is 16.2. The maximum Gasteiger partial charge on any atom is 0.292 e. The fraction of sp³-hybridized carbons (Fsp3) is 0.136. The third-order valence-corrected chi connectivity index (χ3v) is 4.80. The highest BCUT2D eigenvalue weighted by Crippen LogP contribution is 2.14. The predicted octanol–water partition coefficient (Wildman–Crippen LogP) is 2.76. The molecule has 30 heavy (non-hydrogen) atoms. The smallest absolute Gasteiger partial charge is 0.292 e. The Kier molecular flexibility index (Phi) is 5.21. The lowest BCUT2D eigenvalue weighted by Gasteiger charge is -2.09. The molecule has 1 amide bonds. The highest BCUT2D eigenvalue weighted by Gasteiger charge is 2.16. The first-order valence-corrected chi connectivity index (χ1v) is 9.51. The molecule has 8 nitrogen and oxygen atoms in total. The first-order valence-electron chi connectivity index (χ1n) is 9.51. The van der Waals surface area contributed by atoms with E-state index in [0.717, 1.165) is 11.3 Å². The molecule has 0 fully saturated rings. The van der Waals surface area contributed by atoms with Crippen LogP contribution in [0.15, 0.2) is 77.1 Å². The number of rotatable bonds is 5. The predicted molar refractivity (Wildman–Crippen MR) is 115 cm³/mol. The average molecular weight is 400 g/mol. The molecule has 0 atom stereocenters. The molecular formula is C22H20N6O2. The summed E-state index contributed by atoms with van der Waals surface area (Å²) in [6, 6.07) is 14.7. The largest absolute Gasteiger partial charge is 0.306 e. The van der Waals surface area contributed by atoms with E-state index < -0.39 is 5.91 Å². The van der Waals surface area contributed by atoms with Gasteiger partial charge in [-0.3, -0.25) is 9.59 Å². The Morgan fingerprint density at radius 1 is 1.10 bits per heavy atom. The molecular weight excluding hydrogens is 380 g/mol. The van der Waals surface area contributed by atoms with Crippen LogP contribution >= 0.6 is 0 Å². The zero-order chi connectivity index (χ0) is 21.1. The van der Waals surface area contributed by atoms with E-state index in [1.54, 1.807) is 43.7 Å². The van der Waals surface area contributed by atoms with Gasteiger partial charge in [0, 0.05) is 30.0 Å². The zero-order valence-corrected chi connectivity index (χ0v) is 16.6. The van der Waals surface area contributed by atoms with Crippen LogP contribution in [0.5, 0.6) is 0 Å². The Balaban J connectivity index is 1.59. The number of fused-ring (bicyclic) bond motifs is 1. The third kappa shape index (κ3) is 3.62. The minimum atomic E-state index is -0.470. The summed E-state index contributed by atoms with van der Waals surface area (Å²) in [5, 5.41) is 9.40. The molecule has 0 bridgehead atoms. The lowest BCUT2D eigenvalue weighted by Crippen LogP contribution is -2.28. The minimum Gasteiger partial charge on any atom is -0.306 e. The molecule has 0 aliphatic carbocycles. The maximum absolute atomic E-state index is 12.8. The van der Waals surface area contributed by atoms with Gasteiger partial charge >= 0.3 is 0 Å². The Labute approximate surface area is 172 Å². The molecule has 0 aliphatic heterocycles. The number of nitrogens with one attached hydrogen (secondary N) is 1. The lowest BCUT2D eigenvalue weighted by molar-refractivity contribution is 0.0949. The second kappa shape index (κ2) is 8.12. The molecule has 2 aromatic heterocycles. The molecule has 0 saturated heterocycles. The van der Waals surface area contributed by atoms with Crippen LogP contribution in [0, 0.1) is 0 Å². The van der Waals surface area contributed by atoms with Gasteiger partial charge in [-0.05, 0) is 37.6 Å². The van der Waals surface area contributed by atoms with Gasteiger partial charge in [0.25, 0.3) is 11.5 Å². The number of amides is 1. The van der Waals surface area contributed by atoms with Crippen molar-refractivity contribution in [3.8, 4) is 5.69 Å². The van der Waals surface area contributed by atoms with Gasteiger partial charge in [-0.25, -0.2) is 15.1 Å². The van der Waals surface area contributed by atoms with Gasteiger partial charge in [-0.15, -0.1) is 0 Å². The fourth-order valence-corrected chi connectivity index (χ4v) is 3.16. The van der Waals surface area contributed by atoms with Crippen molar-refractivity contribution in [1.29, 1.82) is 0 Å². The summed E-state index contributed by atoms with van der Waals surface area (Å²) in [6.45, 7) is 3.99. The number of carbonyl (C=O) groups is 1. The summed E-state index contributed by atoms with van der Waals surface area (Å²) >= 11 is 0. The molecule has 0 saturated carbocycles. The zero-order valence-electron chi connectivity index (χ0n) is 16.6. The number of aromatic nitrogens is 4. The van der Waals surface area contributed by atoms with E-state index in [1.165, 1.54) is 4.68 Å². The molecule has 1 N–H and O–H groups in total. The molecule has 2 heterocycles. The van der Waals surface area contributed by atoms with Gasteiger partial charge < -0.3 is 4.57 Å². The van der Waals surface area contributed by atoms with E-state index in [2.05, 4.69) is 20.6 Å². The van der Waals surface area contributed by atoms with Gasteiger partial charge in [0.15, 0.2) is 5.69 Å². The first-order chi connectivity index (χ1) is 14.6. The Hall–Kier alpha value is -4.07. The monoisotopic (exact) mass is 400 g/mol. The summed E-state index contributed by atoms with van der Waals surface area (Å²) in [4.78, 5) is 29.2. The van der Waals surface area contributed by atoms with Crippen LogP contribution in [0.3, 0.4) is 0 Å². The van der Waals surface area contributed by atoms with E-state index in [1.807, 2.05) is 42.0 Å². The van der Waals surface area contributed by atoms with Crippen molar-refractivity contribution in [2.75, 3.05) is 0 Å². The number of hydrogen-bond acceptors (Lipinski definition) is 5. The standard InChI is InChI=1S/C22H20N6O2/c1-3-28-22(30)19-7-5-4-6-18(19)20(26-28)21(29)25-24-15(2)16-8-10-17(11-9-16)27-13-12-23-14-27/h4-14H,3H2,1-2H3,(H,25,29)/b24-15+. The summed E-state index contributed by atoms with van der Waals surface area (Å²) in [6.07, 6.45) is 5.31. The normalized spacial score (nSPS) is 11.6. The van der Waals surface area contributed by atoms with Crippen LogP contribution in [0.2, 0.25) is 0 Å². The second-order valence-corrected chi connectivity index (χ2v) is 6.67. The van der Waals surface area contributed by atoms with Crippen molar-refractivity contribution in [2.45, 2.75) is 20.4 Å². The van der Waals surface area contributed by atoms with E-state index in [4.69, 9.17) is 0 Å². The average Bonchev–Trinajstić information content (AvgIpc) is 3.33. The number of carbonyl (C=O) groups excluding carboxylic acids is 1. The maximum atomic E-state index is 12.8. The molecule has 0 unspecified atom stereocenters. The van der Waals surface area contributed by atoms with Crippen LogP contribution in [-0.4, -0.2) is 31.0 Å². The summed E-state index contributed by atoms with van der Waals surface area (Å²) < 4.78 is 3.18. The quantitative estimate of drug-likeness (QED) is 0.412. The van der Waals surface area contributed by atoms with Crippen LogP contribution in [0.25, 0.3) is 16.5 Å². The number of hydrogen-bond donors (Lipinski definition) is 1. The molecule has 4 aromatic rings. The van der Waals surface area contributed by atoms with Gasteiger partial charge in [-0.1, -0.05) is 30.3 Å². The minimum absolute atomic E-state index is 0.166. The van der Waals surface area contributed by atoms with Crippen molar-refractivity contribution in [1.82, 2.24) is 24.8 Å². The Bertz CT molecular complexity index is 1290. The molecule has 0 radical (unpaired) electrons. The van der Waals surface area contributed by atoms with Gasteiger partial charge in [0.05, 0.1) is 17.4 Å². The van der Waals surface area contributed by atoms with Crippen LogP contribution in [0.1, 0.15) is 29.9 Å². The number of nitrogens with zero attached hydrogens (tertiary/aromatic N) is 5. The summed E-state index contributed by atoms with van der Waals surface area (Å²) in [5.74, 6) is -0.470. The number of imidazole rings is 1. The van der Waals surface area contributed by atoms with E-state index in [-0.39, 0.29) is 11.3 Å². The van der Waals surface area contributed by atoms with E-state index >= 15 is 0 Å². The molecule has 150 valence electrons.